The fourth-order valence-electron chi connectivity index (χ4n) is 4.92. The van der Waals surface area contributed by atoms with Gasteiger partial charge in [-0.15, -0.1) is 11.3 Å². The minimum absolute atomic E-state index is 0.0385. The Morgan fingerprint density at radius 3 is 2.38 bits per heavy atom. The van der Waals surface area contributed by atoms with E-state index in [2.05, 4.69) is 23.7 Å². The molecule has 0 bridgehead atoms. The molecule has 10 heteroatoms. The predicted octanol–water partition coefficient (Wildman–Crippen LogP) is 6.40. The first-order valence-electron chi connectivity index (χ1n) is 12.9. The molecule has 0 fully saturated rings. The number of carbonyl (C=O) groups excluding carboxylic acids is 2. The van der Waals surface area contributed by atoms with E-state index in [0.29, 0.717) is 39.1 Å². The molecular weight excluding hydrogens is 532 g/mol. The summed E-state index contributed by atoms with van der Waals surface area (Å²) in [6, 6.07) is 12.5. The summed E-state index contributed by atoms with van der Waals surface area (Å²) in [6.45, 7) is 11.9. The molecule has 0 aliphatic carbocycles. The Labute approximate surface area is 235 Å². The second kappa shape index (κ2) is 10.8. The van der Waals surface area contributed by atoms with Crippen molar-refractivity contribution in [3.05, 3.63) is 74.9 Å². The van der Waals surface area contributed by atoms with Crippen molar-refractivity contribution in [3.63, 3.8) is 0 Å². The summed E-state index contributed by atoms with van der Waals surface area (Å²) in [4.78, 5) is 40.7. The molecule has 0 spiro atoms. The number of ether oxygens (including phenoxy) is 1. The molecule has 1 aliphatic rings. The average Bonchev–Trinajstić information content (AvgIpc) is 3.57. The van der Waals surface area contributed by atoms with Crippen molar-refractivity contribution in [2.75, 3.05) is 29.5 Å². The Morgan fingerprint density at radius 2 is 1.77 bits per heavy atom. The lowest BCUT2D eigenvalue weighted by atomic mass is 9.95. The van der Waals surface area contributed by atoms with Crippen LogP contribution in [0.2, 0.25) is 0 Å². The lowest BCUT2D eigenvalue weighted by Gasteiger charge is -2.26. The zero-order valence-electron chi connectivity index (χ0n) is 22.5. The lowest BCUT2D eigenvalue weighted by Crippen LogP contribution is -2.31. The normalized spacial score (nSPS) is 15.5. The number of amides is 1. The van der Waals surface area contributed by atoms with Crippen LogP contribution in [0.15, 0.2) is 53.8 Å². The highest BCUT2D eigenvalue weighted by atomic mass is 32.1. The molecule has 2 aromatic heterocycles. The smallest absolute Gasteiger partial charge is 0.296 e. The largest absolute Gasteiger partial charge is 0.503 e. The van der Waals surface area contributed by atoms with Crippen LogP contribution in [0, 0.1) is 13.8 Å². The Kier molecular flexibility index (Phi) is 7.42. The van der Waals surface area contributed by atoms with Gasteiger partial charge in [-0.2, -0.15) is 0 Å². The van der Waals surface area contributed by atoms with E-state index < -0.39 is 23.5 Å². The zero-order chi connectivity index (χ0) is 27.8. The van der Waals surface area contributed by atoms with E-state index in [4.69, 9.17) is 9.72 Å². The number of rotatable bonds is 9. The van der Waals surface area contributed by atoms with Gasteiger partial charge in [-0.1, -0.05) is 23.5 Å². The maximum atomic E-state index is 13.9. The van der Waals surface area contributed by atoms with Gasteiger partial charge in [0, 0.05) is 18.8 Å². The third kappa shape index (κ3) is 4.79. The van der Waals surface area contributed by atoms with Gasteiger partial charge in [0.05, 0.1) is 44.0 Å². The molecule has 8 nitrogen and oxygen atoms in total. The standard InChI is InChI=1S/C29H30N4O4S2/c1-6-32(7-2)19-11-9-18(10-12-19)24-23(25(34)27-16(4)30-17(5)38-27)26(35)28(36)33(24)29-31-21-14-13-20(37-8-3)15-22(21)39-29/h9-15,24,35H,6-8H2,1-5H3. The van der Waals surface area contributed by atoms with Gasteiger partial charge >= 0.3 is 0 Å². The first kappa shape index (κ1) is 26.8. The Morgan fingerprint density at radius 1 is 1.05 bits per heavy atom. The van der Waals surface area contributed by atoms with Gasteiger partial charge in [0.25, 0.3) is 5.91 Å². The molecule has 3 heterocycles. The number of aliphatic hydroxyl groups excluding tert-OH is 1. The lowest BCUT2D eigenvalue weighted by molar-refractivity contribution is -0.117. The third-order valence-electron chi connectivity index (χ3n) is 6.77. The Balaban J connectivity index is 1.64. The molecule has 39 heavy (non-hydrogen) atoms. The Bertz CT molecular complexity index is 1580. The number of nitrogens with zero attached hydrogens (tertiary/aromatic N) is 4. The van der Waals surface area contributed by atoms with Crippen molar-refractivity contribution in [3.8, 4) is 5.75 Å². The molecule has 1 unspecified atom stereocenters. The number of Topliss-reactive ketones (excluding diaryl/α,β-unsaturated/α-hetero) is 1. The molecule has 0 saturated carbocycles. The van der Waals surface area contributed by atoms with E-state index in [0.717, 1.165) is 28.5 Å². The third-order valence-corrected chi connectivity index (χ3v) is 8.85. The molecule has 1 N–H and O–H groups in total. The van der Waals surface area contributed by atoms with E-state index in [9.17, 15) is 14.7 Å². The second-order valence-corrected chi connectivity index (χ2v) is 11.4. The quantitative estimate of drug-likeness (QED) is 0.236. The van der Waals surface area contributed by atoms with Gasteiger partial charge in [-0.3, -0.25) is 14.5 Å². The van der Waals surface area contributed by atoms with Crippen molar-refractivity contribution in [1.29, 1.82) is 0 Å². The molecule has 1 atom stereocenters. The van der Waals surface area contributed by atoms with E-state index in [-0.39, 0.29) is 5.57 Å². The van der Waals surface area contributed by atoms with Crippen LogP contribution in [0.25, 0.3) is 10.2 Å². The van der Waals surface area contributed by atoms with Crippen LogP contribution < -0.4 is 14.5 Å². The van der Waals surface area contributed by atoms with Crippen LogP contribution >= 0.6 is 22.7 Å². The number of hydrogen-bond acceptors (Lipinski definition) is 9. The fraction of sp³-hybridized carbons (Fsp3) is 0.310. The SMILES string of the molecule is CCOc1ccc2nc(N3C(=O)C(O)=C(C(=O)c4sc(C)nc4C)C3c3ccc(N(CC)CC)cc3)sc2c1. The van der Waals surface area contributed by atoms with Crippen LogP contribution in [-0.4, -0.2) is 46.5 Å². The highest BCUT2D eigenvalue weighted by Crippen LogP contribution is 2.45. The topological polar surface area (TPSA) is 95.9 Å². The molecule has 202 valence electrons. The maximum Gasteiger partial charge on any atom is 0.296 e. The monoisotopic (exact) mass is 562 g/mol. The van der Waals surface area contributed by atoms with E-state index in [1.165, 1.54) is 27.6 Å². The number of aromatic nitrogens is 2. The second-order valence-electron chi connectivity index (χ2n) is 9.14. The molecule has 4 aromatic rings. The van der Waals surface area contributed by atoms with Gasteiger partial charge in [0.1, 0.15) is 5.75 Å². The molecule has 0 saturated heterocycles. The molecule has 1 amide bonds. The van der Waals surface area contributed by atoms with Gasteiger partial charge in [-0.25, -0.2) is 9.97 Å². The summed E-state index contributed by atoms with van der Waals surface area (Å²) in [5.41, 5.74) is 3.07. The Hall–Kier alpha value is -3.76. The minimum Gasteiger partial charge on any atom is -0.503 e. The number of anilines is 2. The van der Waals surface area contributed by atoms with Crippen molar-refractivity contribution in [2.45, 2.75) is 40.7 Å². The zero-order valence-corrected chi connectivity index (χ0v) is 24.2. The number of carbonyl (C=O) groups is 2. The van der Waals surface area contributed by atoms with E-state index in [1.54, 1.807) is 6.92 Å². The molecule has 1 aliphatic heterocycles. The number of aliphatic hydroxyl groups is 1. The van der Waals surface area contributed by atoms with Crippen LogP contribution in [0.3, 0.4) is 0 Å². The first-order chi connectivity index (χ1) is 18.8. The van der Waals surface area contributed by atoms with Gasteiger partial charge in [0.15, 0.2) is 10.9 Å². The highest BCUT2D eigenvalue weighted by Gasteiger charge is 2.46. The maximum absolute atomic E-state index is 13.9. The number of benzene rings is 2. The summed E-state index contributed by atoms with van der Waals surface area (Å²) < 4.78 is 6.47. The fourth-order valence-corrected chi connectivity index (χ4v) is 6.82. The number of hydrogen-bond donors (Lipinski definition) is 1. The van der Waals surface area contributed by atoms with Crippen molar-refractivity contribution in [1.82, 2.24) is 9.97 Å². The van der Waals surface area contributed by atoms with Crippen molar-refractivity contribution >= 4 is 55.4 Å². The van der Waals surface area contributed by atoms with Crippen LogP contribution in [0.4, 0.5) is 10.8 Å². The number of aryl methyl sites for hydroxylation is 2. The van der Waals surface area contributed by atoms with Gasteiger partial charge in [0.2, 0.25) is 5.78 Å². The number of ketones is 1. The number of thiazole rings is 2. The molecule has 5 rings (SSSR count). The molecule has 2 aromatic carbocycles. The molecule has 0 radical (unpaired) electrons. The highest BCUT2D eigenvalue weighted by molar-refractivity contribution is 7.22. The first-order valence-corrected chi connectivity index (χ1v) is 14.5. The summed E-state index contributed by atoms with van der Waals surface area (Å²) in [7, 11) is 0. The van der Waals surface area contributed by atoms with Crippen LogP contribution in [0.5, 0.6) is 5.75 Å². The average molecular weight is 563 g/mol. The number of fused-ring (bicyclic) bond motifs is 1. The summed E-state index contributed by atoms with van der Waals surface area (Å²) in [6.07, 6.45) is 0. The van der Waals surface area contributed by atoms with Crippen molar-refractivity contribution in [2.24, 2.45) is 0 Å². The minimum atomic E-state index is -0.843. The summed E-state index contributed by atoms with van der Waals surface area (Å²) >= 11 is 2.58. The van der Waals surface area contributed by atoms with Crippen molar-refractivity contribution < 1.29 is 19.4 Å². The summed E-state index contributed by atoms with van der Waals surface area (Å²) in [5.74, 6) is -0.898. The van der Waals surface area contributed by atoms with Crippen LogP contribution in [-0.2, 0) is 4.79 Å². The molecular formula is C29H30N4O4S2. The van der Waals surface area contributed by atoms with Gasteiger partial charge in [-0.05, 0) is 70.5 Å². The summed E-state index contributed by atoms with van der Waals surface area (Å²) in [5, 5.41) is 12.3. The predicted molar refractivity (Wildman–Crippen MR) is 157 cm³/mol. The van der Waals surface area contributed by atoms with E-state index in [1.807, 2.05) is 56.3 Å². The van der Waals surface area contributed by atoms with Gasteiger partial charge < -0.3 is 14.7 Å². The van der Waals surface area contributed by atoms with Crippen LogP contribution in [0.1, 0.15) is 52.7 Å². The van der Waals surface area contributed by atoms with E-state index >= 15 is 0 Å².